The van der Waals surface area contributed by atoms with Crippen LogP contribution in [0.15, 0.2) is 88.2 Å². The lowest BCUT2D eigenvalue weighted by atomic mass is 10.3. The van der Waals surface area contributed by atoms with Crippen LogP contribution in [0.1, 0.15) is 0 Å². The summed E-state index contributed by atoms with van der Waals surface area (Å²) in [5.41, 5.74) is 0.194. The van der Waals surface area contributed by atoms with E-state index >= 15 is 0 Å². The van der Waals surface area contributed by atoms with Gasteiger partial charge in [0.15, 0.2) is 6.61 Å². The topological polar surface area (TPSA) is 72.9 Å². The van der Waals surface area contributed by atoms with Gasteiger partial charge < -0.3 is 9.47 Å². The van der Waals surface area contributed by atoms with E-state index in [4.69, 9.17) is 9.47 Å². The molecule has 3 rings (SSSR count). The maximum atomic E-state index is 13.2. The van der Waals surface area contributed by atoms with E-state index in [9.17, 15) is 13.2 Å². The molecule has 8 heteroatoms. The highest BCUT2D eigenvalue weighted by Gasteiger charge is 2.31. The SMILES string of the molecule is COc1ccc(N(C(=O)COc2ccc(Br)cc2)S(=O)(=O)c2ccccc2)cc1. The zero-order valence-corrected chi connectivity index (χ0v) is 17.9. The Balaban J connectivity index is 1.93. The van der Waals surface area contributed by atoms with E-state index < -0.39 is 22.5 Å². The van der Waals surface area contributed by atoms with Gasteiger partial charge in [0.05, 0.1) is 17.7 Å². The molecule has 0 saturated carbocycles. The number of carbonyl (C=O) groups excluding carboxylic acids is 1. The fraction of sp³-hybridized carbons (Fsp3) is 0.0952. The number of hydrogen-bond acceptors (Lipinski definition) is 5. The molecule has 29 heavy (non-hydrogen) atoms. The Bertz CT molecular complexity index is 1070. The molecule has 0 aliphatic rings. The monoisotopic (exact) mass is 475 g/mol. The average Bonchev–Trinajstić information content (AvgIpc) is 2.74. The van der Waals surface area contributed by atoms with Crippen LogP contribution in [0.4, 0.5) is 5.69 Å². The number of sulfonamides is 1. The second-order valence-electron chi connectivity index (χ2n) is 5.92. The fourth-order valence-electron chi connectivity index (χ4n) is 2.57. The number of ether oxygens (including phenoxy) is 2. The molecule has 0 N–H and O–H groups in total. The first-order valence-corrected chi connectivity index (χ1v) is 10.8. The molecule has 1 amide bonds. The van der Waals surface area contributed by atoms with Gasteiger partial charge in [-0.3, -0.25) is 4.79 Å². The van der Waals surface area contributed by atoms with E-state index in [2.05, 4.69) is 15.9 Å². The Morgan fingerprint density at radius 1 is 0.897 bits per heavy atom. The van der Waals surface area contributed by atoms with Crippen LogP contribution in [0.2, 0.25) is 0 Å². The molecule has 0 spiro atoms. The number of amides is 1. The first kappa shape index (κ1) is 20.9. The van der Waals surface area contributed by atoms with Crippen LogP contribution >= 0.6 is 15.9 Å². The molecule has 0 unspecified atom stereocenters. The summed E-state index contributed by atoms with van der Waals surface area (Å²) in [7, 11) is -2.62. The van der Waals surface area contributed by atoms with Gasteiger partial charge in [0, 0.05) is 4.47 Å². The third-order valence-electron chi connectivity index (χ3n) is 3.99. The molecule has 0 heterocycles. The molecule has 150 valence electrons. The molecule has 3 aromatic carbocycles. The van der Waals surface area contributed by atoms with E-state index in [1.54, 1.807) is 54.6 Å². The Hall–Kier alpha value is -2.84. The Morgan fingerprint density at radius 3 is 2.07 bits per heavy atom. The lowest BCUT2D eigenvalue weighted by Gasteiger charge is -2.23. The minimum atomic E-state index is -4.13. The number of benzene rings is 3. The largest absolute Gasteiger partial charge is 0.497 e. The second-order valence-corrected chi connectivity index (χ2v) is 8.62. The maximum absolute atomic E-state index is 13.2. The van der Waals surface area contributed by atoms with Crippen molar-refractivity contribution in [2.24, 2.45) is 0 Å². The molecule has 0 bridgehead atoms. The zero-order valence-electron chi connectivity index (χ0n) is 15.5. The van der Waals surface area contributed by atoms with Crippen LogP contribution in [0.3, 0.4) is 0 Å². The molecule has 6 nitrogen and oxygen atoms in total. The second kappa shape index (κ2) is 9.11. The highest BCUT2D eigenvalue weighted by atomic mass is 79.9. The molecule has 3 aromatic rings. The Morgan fingerprint density at radius 2 is 1.48 bits per heavy atom. The van der Waals surface area contributed by atoms with E-state index in [1.165, 1.54) is 31.4 Å². The van der Waals surface area contributed by atoms with E-state index in [0.29, 0.717) is 11.5 Å². The van der Waals surface area contributed by atoms with Crippen molar-refractivity contribution in [3.8, 4) is 11.5 Å². The minimum absolute atomic E-state index is 0.00723. The summed E-state index contributed by atoms with van der Waals surface area (Å²) in [5.74, 6) is 0.277. The number of nitrogens with zero attached hydrogens (tertiary/aromatic N) is 1. The molecule has 0 aliphatic carbocycles. The lowest BCUT2D eigenvalue weighted by molar-refractivity contribution is -0.119. The van der Waals surface area contributed by atoms with Crippen molar-refractivity contribution in [3.05, 3.63) is 83.3 Å². The lowest BCUT2D eigenvalue weighted by Crippen LogP contribution is -2.40. The van der Waals surface area contributed by atoms with Gasteiger partial charge in [-0.1, -0.05) is 34.1 Å². The first-order valence-electron chi connectivity index (χ1n) is 8.57. The summed E-state index contributed by atoms with van der Waals surface area (Å²) in [5, 5.41) is 0. The quantitative estimate of drug-likeness (QED) is 0.510. The third-order valence-corrected chi connectivity index (χ3v) is 6.28. The maximum Gasteiger partial charge on any atom is 0.278 e. The van der Waals surface area contributed by atoms with Crippen LogP contribution < -0.4 is 13.8 Å². The molecule has 0 fully saturated rings. The van der Waals surface area contributed by atoms with Gasteiger partial charge in [0.2, 0.25) is 0 Å². The number of halogens is 1. The summed E-state index contributed by atoms with van der Waals surface area (Å²) in [6.45, 7) is -0.445. The van der Waals surface area contributed by atoms with Crippen LogP contribution in [-0.4, -0.2) is 28.0 Å². The standard InChI is InChI=1S/C21H18BrNO5S/c1-27-18-13-9-17(10-14-18)23(29(25,26)20-5-3-2-4-6-20)21(24)15-28-19-11-7-16(22)8-12-19/h2-14H,15H2,1H3. The van der Waals surface area contributed by atoms with Gasteiger partial charge in [-0.05, 0) is 60.7 Å². The summed E-state index contributed by atoms with van der Waals surface area (Å²) in [6, 6.07) is 20.9. The minimum Gasteiger partial charge on any atom is -0.497 e. The smallest absolute Gasteiger partial charge is 0.278 e. The van der Waals surface area contributed by atoms with E-state index in [-0.39, 0.29) is 10.6 Å². The summed E-state index contributed by atoms with van der Waals surface area (Å²) in [6.07, 6.45) is 0. The van der Waals surface area contributed by atoms with Crippen molar-refractivity contribution in [1.82, 2.24) is 0 Å². The number of carbonyl (C=O) groups is 1. The van der Waals surface area contributed by atoms with Gasteiger partial charge in [0.1, 0.15) is 11.5 Å². The highest BCUT2D eigenvalue weighted by Crippen LogP contribution is 2.26. The zero-order chi connectivity index (χ0) is 20.9. The van der Waals surface area contributed by atoms with Crippen LogP contribution in [-0.2, 0) is 14.8 Å². The van der Waals surface area contributed by atoms with E-state index in [0.717, 1.165) is 8.78 Å². The molecular formula is C21H18BrNO5S. The van der Waals surface area contributed by atoms with E-state index in [1.807, 2.05) is 0 Å². The van der Waals surface area contributed by atoms with Crippen LogP contribution in [0.25, 0.3) is 0 Å². The van der Waals surface area contributed by atoms with Gasteiger partial charge in [-0.25, -0.2) is 8.42 Å². The number of hydrogen-bond donors (Lipinski definition) is 0. The summed E-state index contributed by atoms with van der Waals surface area (Å²) < 4.78 is 38.6. The first-order chi connectivity index (χ1) is 13.9. The predicted octanol–water partition coefficient (Wildman–Crippen LogP) is 4.26. The number of methoxy groups -OCH3 is 1. The normalized spacial score (nSPS) is 11.0. The van der Waals surface area contributed by atoms with Gasteiger partial charge in [-0.2, -0.15) is 4.31 Å². The summed E-state index contributed by atoms with van der Waals surface area (Å²) in [4.78, 5) is 12.9. The van der Waals surface area contributed by atoms with Gasteiger partial charge in [-0.15, -0.1) is 0 Å². The van der Waals surface area contributed by atoms with Crippen molar-refractivity contribution >= 4 is 37.5 Å². The highest BCUT2D eigenvalue weighted by molar-refractivity contribution is 9.10. The van der Waals surface area contributed by atoms with Gasteiger partial charge in [0.25, 0.3) is 15.9 Å². The Kier molecular flexibility index (Phi) is 6.56. The third kappa shape index (κ3) is 4.96. The predicted molar refractivity (Wildman–Crippen MR) is 114 cm³/mol. The van der Waals surface area contributed by atoms with Crippen LogP contribution in [0.5, 0.6) is 11.5 Å². The average molecular weight is 476 g/mol. The van der Waals surface area contributed by atoms with Crippen molar-refractivity contribution in [3.63, 3.8) is 0 Å². The van der Waals surface area contributed by atoms with Crippen LogP contribution in [0, 0.1) is 0 Å². The molecule has 0 radical (unpaired) electrons. The molecule has 0 aliphatic heterocycles. The van der Waals surface area contributed by atoms with Crippen molar-refractivity contribution in [1.29, 1.82) is 0 Å². The molecular weight excluding hydrogens is 458 g/mol. The van der Waals surface area contributed by atoms with Crippen molar-refractivity contribution < 1.29 is 22.7 Å². The molecule has 0 aromatic heterocycles. The van der Waals surface area contributed by atoms with Crippen molar-refractivity contribution in [2.75, 3.05) is 18.0 Å². The summed E-state index contributed by atoms with van der Waals surface area (Å²) >= 11 is 3.32. The number of anilines is 1. The van der Waals surface area contributed by atoms with Crippen molar-refractivity contribution in [2.45, 2.75) is 4.90 Å². The number of rotatable bonds is 7. The fourth-order valence-corrected chi connectivity index (χ4v) is 4.26. The molecule has 0 atom stereocenters. The molecule has 0 saturated heterocycles. The van der Waals surface area contributed by atoms with Gasteiger partial charge >= 0.3 is 0 Å². The Labute approximate surface area is 177 Å².